The molecule has 0 spiro atoms. The standard InChI is InChI=1S/C13H18Cl2N2O3/c1-4-13(5-2,12(19)20)7-16-11(18)9-6-8(14)10(15)17(9)3/h6H,4-5,7H2,1-3H3,(H,16,18)(H,19,20). The number of aliphatic carboxylic acids is 1. The highest BCUT2D eigenvalue weighted by Gasteiger charge is 2.35. The lowest BCUT2D eigenvalue weighted by Crippen LogP contribution is -2.42. The van der Waals surface area contributed by atoms with Crippen LogP contribution >= 0.6 is 23.2 Å². The average Bonchev–Trinajstić information content (AvgIpc) is 2.67. The predicted molar refractivity (Wildman–Crippen MR) is 78.4 cm³/mol. The van der Waals surface area contributed by atoms with E-state index in [1.807, 2.05) is 0 Å². The second kappa shape index (κ2) is 6.50. The molecule has 1 heterocycles. The van der Waals surface area contributed by atoms with Gasteiger partial charge in [0.15, 0.2) is 0 Å². The molecule has 0 radical (unpaired) electrons. The maximum absolute atomic E-state index is 12.1. The Bertz CT molecular complexity index is 522. The molecular weight excluding hydrogens is 303 g/mol. The van der Waals surface area contributed by atoms with Gasteiger partial charge in [-0.3, -0.25) is 9.59 Å². The number of carboxylic acids is 1. The van der Waals surface area contributed by atoms with E-state index in [0.29, 0.717) is 18.5 Å². The number of hydrogen-bond donors (Lipinski definition) is 2. The van der Waals surface area contributed by atoms with Gasteiger partial charge >= 0.3 is 5.97 Å². The molecule has 0 fully saturated rings. The minimum atomic E-state index is -0.950. The lowest BCUT2D eigenvalue weighted by Gasteiger charge is -2.26. The second-order valence-electron chi connectivity index (χ2n) is 4.70. The van der Waals surface area contributed by atoms with Gasteiger partial charge in [0.1, 0.15) is 10.8 Å². The molecule has 0 aromatic carbocycles. The monoisotopic (exact) mass is 320 g/mol. The summed E-state index contributed by atoms with van der Waals surface area (Å²) in [6.45, 7) is 3.65. The number of nitrogens with zero attached hydrogens (tertiary/aromatic N) is 1. The van der Waals surface area contributed by atoms with Crippen LogP contribution in [-0.2, 0) is 11.8 Å². The molecule has 0 saturated carbocycles. The summed E-state index contributed by atoms with van der Waals surface area (Å²) in [6.07, 6.45) is 0.877. The van der Waals surface area contributed by atoms with Crippen LogP contribution in [0.3, 0.4) is 0 Å². The zero-order chi connectivity index (χ0) is 15.5. The zero-order valence-electron chi connectivity index (χ0n) is 11.7. The summed E-state index contributed by atoms with van der Waals surface area (Å²) in [7, 11) is 1.62. The number of nitrogens with one attached hydrogen (secondary N) is 1. The van der Waals surface area contributed by atoms with Crippen LogP contribution in [0.2, 0.25) is 10.2 Å². The van der Waals surface area contributed by atoms with Crippen molar-refractivity contribution in [3.8, 4) is 0 Å². The van der Waals surface area contributed by atoms with Crippen LogP contribution in [0.1, 0.15) is 37.2 Å². The Morgan fingerprint density at radius 3 is 2.25 bits per heavy atom. The van der Waals surface area contributed by atoms with E-state index < -0.39 is 17.3 Å². The van der Waals surface area contributed by atoms with Crippen LogP contribution in [0.5, 0.6) is 0 Å². The Labute approximate surface area is 127 Å². The van der Waals surface area contributed by atoms with Crippen molar-refractivity contribution in [3.05, 3.63) is 21.9 Å². The fourth-order valence-corrected chi connectivity index (χ4v) is 2.35. The third kappa shape index (κ3) is 3.10. The highest BCUT2D eigenvalue weighted by atomic mass is 35.5. The highest BCUT2D eigenvalue weighted by Crippen LogP contribution is 2.27. The predicted octanol–water partition coefficient (Wildman–Crippen LogP) is 2.95. The van der Waals surface area contributed by atoms with Gasteiger partial charge in [-0.1, -0.05) is 37.0 Å². The Balaban J connectivity index is 2.86. The van der Waals surface area contributed by atoms with E-state index in [4.69, 9.17) is 23.2 Å². The molecule has 0 saturated heterocycles. The molecule has 0 aliphatic heterocycles. The first-order valence-corrected chi connectivity index (χ1v) is 7.07. The van der Waals surface area contributed by atoms with Crippen molar-refractivity contribution in [2.45, 2.75) is 26.7 Å². The molecule has 2 N–H and O–H groups in total. The Morgan fingerprint density at radius 1 is 1.35 bits per heavy atom. The van der Waals surface area contributed by atoms with Crippen LogP contribution in [0, 0.1) is 5.41 Å². The molecule has 7 heteroatoms. The first-order chi connectivity index (χ1) is 9.29. The van der Waals surface area contributed by atoms with E-state index in [1.54, 1.807) is 20.9 Å². The van der Waals surface area contributed by atoms with Crippen molar-refractivity contribution in [1.82, 2.24) is 9.88 Å². The van der Waals surface area contributed by atoms with E-state index in [2.05, 4.69) is 5.32 Å². The summed E-state index contributed by atoms with van der Waals surface area (Å²) < 4.78 is 1.46. The normalized spacial score (nSPS) is 11.4. The first-order valence-electron chi connectivity index (χ1n) is 6.31. The lowest BCUT2D eigenvalue weighted by molar-refractivity contribution is -0.149. The van der Waals surface area contributed by atoms with Crippen LogP contribution in [-0.4, -0.2) is 28.1 Å². The molecule has 0 bridgehead atoms. The SMILES string of the molecule is CCC(CC)(CNC(=O)c1cc(Cl)c(Cl)n1C)C(=O)O. The number of amides is 1. The van der Waals surface area contributed by atoms with Crippen LogP contribution in [0.15, 0.2) is 6.07 Å². The quantitative estimate of drug-likeness (QED) is 0.846. The Hall–Kier alpha value is -1.20. The number of halogens is 2. The van der Waals surface area contributed by atoms with Crippen LogP contribution in [0.4, 0.5) is 0 Å². The number of rotatable bonds is 6. The third-order valence-corrected chi connectivity index (χ3v) is 4.59. The minimum absolute atomic E-state index is 0.0641. The maximum atomic E-state index is 12.1. The molecule has 0 aliphatic carbocycles. The Morgan fingerprint density at radius 2 is 1.90 bits per heavy atom. The summed E-state index contributed by atoms with van der Waals surface area (Å²) in [5, 5.41) is 12.5. The Kier molecular flexibility index (Phi) is 5.48. The van der Waals surface area contributed by atoms with E-state index in [-0.39, 0.29) is 16.7 Å². The number of aromatic nitrogens is 1. The van der Waals surface area contributed by atoms with Crippen molar-refractivity contribution >= 4 is 35.1 Å². The zero-order valence-corrected chi connectivity index (χ0v) is 13.2. The summed E-state index contributed by atoms with van der Waals surface area (Å²) in [4.78, 5) is 23.4. The molecule has 1 amide bonds. The number of carboxylic acid groups (broad SMARTS) is 1. The van der Waals surface area contributed by atoms with Crippen molar-refractivity contribution in [2.75, 3.05) is 6.54 Å². The average molecular weight is 321 g/mol. The topological polar surface area (TPSA) is 71.3 Å². The van der Waals surface area contributed by atoms with Gasteiger partial charge in [0.2, 0.25) is 0 Å². The van der Waals surface area contributed by atoms with Gasteiger partial charge in [-0.2, -0.15) is 0 Å². The van der Waals surface area contributed by atoms with Crippen molar-refractivity contribution in [1.29, 1.82) is 0 Å². The van der Waals surface area contributed by atoms with Gasteiger partial charge in [0.25, 0.3) is 5.91 Å². The smallest absolute Gasteiger partial charge is 0.311 e. The van der Waals surface area contributed by atoms with Crippen molar-refractivity contribution in [2.24, 2.45) is 12.5 Å². The van der Waals surface area contributed by atoms with Gasteiger partial charge in [0.05, 0.1) is 10.4 Å². The number of hydrogen-bond acceptors (Lipinski definition) is 2. The van der Waals surface area contributed by atoms with Crippen LogP contribution < -0.4 is 5.32 Å². The van der Waals surface area contributed by atoms with Crippen LogP contribution in [0.25, 0.3) is 0 Å². The molecule has 1 rings (SSSR count). The van der Waals surface area contributed by atoms with Gasteiger partial charge in [-0.25, -0.2) is 0 Å². The summed E-state index contributed by atoms with van der Waals surface area (Å²) in [5.74, 6) is -1.31. The minimum Gasteiger partial charge on any atom is -0.481 e. The molecular formula is C13H18Cl2N2O3. The van der Waals surface area contributed by atoms with E-state index in [1.165, 1.54) is 10.6 Å². The molecule has 20 heavy (non-hydrogen) atoms. The lowest BCUT2D eigenvalue weighted by atomic mass is 9.82. The third-order valence-electron chi connectivity index (χ3n) is 3.74. The van der Waals surface area contributed by atoms with Gasteiger partial charge < -0.3 is 15.0 Å². The summed E-state index contributed by atoms with van der Waals surface area (Å²) >= 11 is 11.7. The molecule has 1 aromatic rings. The molecule has 1 aromatic heterocycles. The fourth-order valence-electron chi connectivity index (χ4n) is 1.98. The highest BCUT2D eigenvalue weighted by molar-refractivity contribution is 6.41. The fraction of sp³-hybridized carbons (Fsp3) is 0.538. The molecule has 5 nitrogen and oxygen atoms in total. The second-order valence-corrected chi connectivity index (χ2v) is 5.47. The van der Waals surface area contributed by atoms with Crippen molar-refractivity contribution < 1.29 is 14.7 Å². The largest absolute Gasteiger partial charge is 0.481 e. The molecule has 112 valence electrons. The van der Waals surface area contributed by atoms with Gasteiger partial charge in [-0.05, 0) is 18.9 Å². The number of carbonyl (C=O) groups is 2. The van der Waals surface area contributed by atoms with Gasteiger partial charge in [-0.15, -0.1) is 0 Å². The van der Waals surface area contributed by atoms with Gasteiger partial charge in [0, 0.05) is 13.6 Å². The molecule has 0 aliphatic rings. The summed E-state index contributed by atoms with van der Waals surface area (Å²) in [5.41, 5.74) is -0.652. The van der Waals surface area contributed by atoms with E-state index in [0.717, 1.165) is 0 Å². The maximum Gasteiger partial charge on any atom is 0.311 e. The number of carbonyl (C=O) groups excluding carboxylic acids is 1. The first kappa shape index (κ1) is 16.9. The molecule has 0 atom stereocenters. The van der Waals surface area contributed by atoms with E-state index >= 15 is 0 Å². The van der Waals surface area contributed by atoms with E-state index in [9.17, 15) is 14.7 Å². The summed E-state index contributed by atoms with van der Waals surface area (Å²) in [6, 6.07) is 1.46. The molecule has 0 unspecified atom stereocenters. The van der Waals surface area contributed by atoms with Crippen molar-refractivity contribution in [3.63, 3.8) is 0 Å².